The average molecular weight is 304 g/mol. The van der Waals surface area contributed by atoms with Gasteiger partial charge in [-0.2, -0.15) is 0 Å². The Morgan fingerprint density at radius 2 is 2.14 bits per heavy atom. The predicted molar refractivity (Wildman–Crippen MR) is 86.8 cm³/mol. The molecule has 0 aliphatic heterocycles. The third-order valence-electron chi connectivity index (χ3n) is 3.08. The number of aryl methyl sites for hydroxylation is 2. The van der Waals surface area contributed by atoms with Crippen LogP contribution in [0, 0.1) is 6.92 Å². The first-order valence-electron chi connectivity index (χ1n) is 7.08. The number of rotatable bonds is 6. The number of hydrogen-bond donors (Lipinski definition) is 2. The topological polar surface area (TPSA) is 66.9 Å². The van der Waals surface area contributed by atoms with E-state index in [4.69, 9.17) is 0 Å². The maximum absolute atomic E-state index is 12.3. The van der Waals surface area contributed by atoms with Gasteiger partial charge in [0.15, 0.2) is 0 Å². The fraction of sp³-hybridized carbons (Fsp3) is 0.400. The normalized spacial score (nSPS) is 12.0. The van der Waals surface area contributed by atoms with Crippen LogP contribution in [0.3, 0.4) is 0 Å². The molecule has 0 spiro atoms. The molecule has 1 aromatic heterocycles. The van der Waals surface area contributed by atoms with Crippen molar-refractivity contribution in [2.45, 2.75) is 39.7 Å². The Balaban J connectivity index is 2.01. The van der Waals surface area contributed by atoms with Crippen molar-refractivity contribution in [1.29, 1.82) is 0 Å². The predicted octanol–water partition coefficient (Wildman–Crippen LogP) is 3.24. The molecule has 0 aliphatic rings. The third kappa shape index (κ3) is 4.26. The molecule has 2 rings (SSSR count). The van der Waals surface area contributed by atoms with Gasteiger partial charge in [0, 0.05) is 5.69 Å². The molecule has 5 nitrogen and oxygen atoms in total. The molecule has 0 aliphatic carbocycles. The lowest BCUT2D eigenvalue weighted by atomic mass is 10.1. The van der Waals surface area contributed by atoms with Gasteiger partial charge in [0.2, 0.25) is 11.0 Å². The van der Waals surface area contributed by atoms with Crippen LogP contribution in [-0.2, 0) is 11.2 Å². The van der Waals surface area contributed by atoms with Crippen molar-refractivity contribution in [1.82, 2.24) is 10.2 Å². The van der Waals surface area contributed by atoms with E-state index in [1.54, 1.807) is 0 Å². The molecule has 0 unspecified atom stereocenters. The molecule has 1 atom stereocenters. The van der Waals surface area contributed by atoms with Crippen LogP contribution in [0.2, 0.25) is 0 Å². The zero-order chi connectivity index (χ0) is 15.2. The quantitative estimate of drug-likeness (QED) is 0.860. The molecule has 1 heterocycles. The Bertz CT molecular complexity index is 611. The van der Waals surface area contributed by atoms with Crippen LogP contribution in [0.25, 0.3) is 0 Å². The molecule has 2 N–H and O–H groups in total. The summed E-state index contributed by atoms with van der Waals surface area (Å²) in [5.74, 6) is -0.0854. The second-order valence-corrected chi connectivity index (χ2v) is 5.88. The van der Waals surface area contributed by atoms with Gasteiger partial charge in [-0.1, -0.05) is 37.3 Å². The Hall–Kier alpha value is -1.95. The molecule has 2 aromatic rings. The number of nitrogens with zero attached hydrogens (tertiary/aromatic N) is 2. The number of carbonyl (C=O) groups is 1. The van der Waals surface area contributed by atoms with Crippen molar-refractivity contribution in [3.8, 4) is 0 Å². The summed E-state index contributed by atoms with van der Waals surface area (Å²) in [5.41, 5.74) is 2.11. The zero-order valence-electron chi connectivity index (χ0n) is 12.5. The summed E-state index contributed by atoms with van der Waals surface area (Å²) in [4.78, 5) is 12.3. The molecular weight excluding hydrogens is 284 g/mol. The molecule has 112 valence electrons. The average Bonchev–Trinajstić information content (AvgIpc) is 2.92. The number of hydrogen-bond acceptors (Lipinski definition) is 5. The number of carbonyl (C=O) groups excluding carboxylic acids is 1. The highest BCUT2D eigenvalue weighted by Crippen LogP contribution is 2.17. The molecule has 0 saturated carbocycles. The first-order chi connectivity index (χ1) is 10.1. The fourth-order valence-corrected chi connectivity index (χ4v) is 2.61. The molecular formula is C15H20N4OS. The maximum Gasteiger partial charge on any atom is 0.248 e. The van der Waals surface area contributed by atoms with Crippen LogP contribution in [0.4, 0.5) is 10.8 Å². The first-order valence-corrected chi connectivity index (χ1v) is 7.90. The van der Waals surface area contributed by atoms with Crippen LogP contribution in [0.5, 0.6) is 0 Å². The van der Waals surface area contributed by atoms with E-state index in [0.29, 0.717) is 11.6 Å². The van der Waals surface area contributed by atoms with Crippen LogP contribution in [0.15, 0.2) is 24.3 Å². The smallest absolute Gasteiger partial charge is 0.248 e. The largest absolute Gasteiger partial charge is 0.374 e. The summed E-state index contributed by atoms with van der Waals surface area (Å²) in [5, 5.41) is 15.5. The molecule has 1 amide bonds. The molecule has 0 saturated heterocycles. The summed E-state index contributed by atoms with van der Waals surface area (Å²) in [6, 6.07) is 7.69. The second kappa shape index (κ2) is 7.17. The number of anilines is 2. The van der Waals surface area contributed by atoms with Gasteiger partial charge in [-0.3, -0.25) is 10.1 Å². The summed E-state index contributed by atoms with van der Waals surface area (Å²) in [6.45, 7) is 6.02. The van der Waals surface area contributed by atoms with Crippen molar-refractivity contribution in [3.05, 3.63) is 34.8 Å². The molecule has 21 heavy (non-hydrogen) atoms. The summed E-state index contributed by atoms with van der Waals surface area (Å²) >= 11 is 1.42. The zero-order valence-corrected chi connectivity index (χ0v) is 13.3. The fourth-order valence-electron chi connectivity index (χ4n) is 1.93. The van der Waals surface area contributed by atoms with Crippen LogP contribution >= 0.6 is 11.3 Å². The second-order valence-electron chi connectivity index (χ2n) is 4.82. The van der Waals surface area contributed by atoms with Crippen LogP contribution < -0.4 is 10.6 Å². The monoisotopic (exact) mass is 304 g/mol. The number of benzene rings is 1. The van der Waals surface area contributed by atoms with E-state index in [-0.39, 0.29) is 11.9 Å². The van der Waals surface area contributed by atoms with Gasteiger partial charge in [0.25, 0.3) is 0 Å². The number of nitrogens with one attached hydrogen (secondary N) is 2. The molecule has 1 aromatic carbocycles. The molecule has 0 bridgehead atoms. The highest BCUT2D eigenvalue weighted by atomic mass is 32.1. The molecule has 0 radical (unpaired) electrons. The van der Waals surface area contributed by atoms with E-state index in [1.165, 1.54) is 11.3 Å². The minimum atomic E-state index is -0.291. The van der Waals surface area contributed by atoms with Crippen molar-refractivity contribution < 1.29 is 4.79 Å². The Kier molecular flexibility index (Phi) is 5.27. The van der Waals surface area contributed by atoms with E-state index in [1.807, 2.05) is 45.0 Å². The third-order valence-corrected chi connectivity index (χ3v) is 4.07. The SMILES string of the molecule is CCc1nnc(NC(=O)[C@H](CC)Nc2cccc(C)c2)s1. The lowest BCUT2D eigenvalue weighted by Gasteiger charge is -2.17. The van der Waals surface area contributed by atoms with Crippen molar-refractivity contribution >= 4 is 28.1 Å². The lowest BCUT2D eigenvalue weighted by molar-refractivity contribution is -0.117. The van der Waals surface area contributed by atoms with Gasteiger partial charge in [0.1, 0.15) is 11.0 Å². The standard InChI is InChI=1S/C15H20N4OS/c1-4-12(16-11-8-6-7-10(3)9-11)14(20)17-15-19-18-13(5-2)21-15/h6-9,12,16H,4-5H2,1-3H3,(H,17,19,20)/t12-/m0/s1. The van der Waals surface area contributed by atoms with E-state index in [0.717, 1.165) is 22.7 Å². The van der Waals surface area contributed by atoms with Crippen LogP contribution in [0.1, 0.15) is 30.8 Å². The van der Waals surface area contributed by atoms with Gasteiger partial charge in [0.05, 0.1) is 0 Å². The van der Waals surface area contributed by atoms with Crippen molar-refractivity contribution in [2.75, 3.05) is 10.6 Å². The van der Waals surface area contributed by atoms with E-state index in [9.17, 15) is 4.79 Å². The van der Waals surface area contributed by atoms with Crippen LogP contribution in [-0.4, -0.2) is 22.1 Å². The molecule has 0 fully saturated rings. The van der Waals surface area contributed by atoms with Crippen molar-refractivity contribution in [3.63, 3.8) is 0 Å². The lowest BCUT2D eigenvalue weighted by Crippen LogP contribution is -2.34. The first kappa shape index (κ1) is 15.4. The Labute approximate surface area is 128 Å². The van der Waals surface area contributed by atoms with Crippen molar-refractivity contribution in [2.24, 2.45) is 0 Å². The van der Waals surface area contributed by atoms with Gasteiger partial charge >= 0.3 is 0 Å². The van der Waals surface area contributed by atoms with Gasteiger partial charge < -0.3 is 5.32 Å². The summed E-state index contributed by atoms with van der Waals surface area (Å²) in [6.07, 6.45) is 1.52. The van der Waals surface area contributed by atoms with E-state index in [2.05, 4.69) is 20.8 Å². The van der Waals surface area contributed by atoms with E-state index >= 15 is 0 Å². The maximum atomic E-state index is 12.3. The minimum absolute atomic E-state index is 0.0854. The Morgan fingerprint density at radius 3 is 2.76 bits per heavy atom. The summed E-state index contributed by atoms with van der Waals surface area (Å²) < 4.78 is 0. The number of aromatic nitrogens is 2. The van der Waals surface area contributed by atoms with E-state index < -0.39 is 0 Å². The summed E-state index contributed by atoms with van der Waals surface area (Å²) in [7, 11) is 0. The highest BCUT2D eigenvalue weighted by molar-refractivity contribution is 7.15. The van der Waals surface area contributed by atoms with Gasteiger partial charge in [-0.05, 0) is 37.5 Å². The molecule has 6 heteroatoms. The highest BCUT2D eigenvalue weighted by Gasteiger charge is 2.18. The number of amides is 1. The Morgan fingerprint density at radius 1 is 1.33 bits per heavy atom. The minimum Gasteiger partial charge on any atom is -0.374 e. The van der Waals surface area contributed by atoms with Gasteiger partial charge in [-0.25, -0.2) is 0 Å². The van der Waals surface area contributed by atoms with Gasteiger partial charge in [-0.15, -0.1) is 10.2 Å².